The van der Waals surface area contributed by atoms with Gasteiger partial charge >= 0.3 is 0 Å². The number of aryl methyl sites for hydroxylation is 2. The minimum atomic E-state index is -0.0103. The minimum absolute atomic E-state index is 0.0103. The molecule has 0 amide bonds. The maximum absolute atomic E-state index is 6.41. The Hall–Kier alpha value is -2.44. The first-order chi connectivity index (χ1) is 14.5. The second kappa shape index (κ2) is 10.0. The molecule has 3 aromatic carbocycles. The van der Waals surface area contributed by atoms with Gasteiger partial charge in [-0.3, -0.25) is 4.99 Å². The van der Waals surface area contributed by atoms with Crippen molar-refractivity contribution in [3.8, 4) is 5.75 Å². The third kappa shape index (κ3) is 5.18. The summed E-state index contributed by atoms with van der Waals surface area (Å²) in [5.74, 6) is 1.02. The maximum atomic E-state index is 6.41. The number of hydrogen-bond donors (Lipinski definition) is 0. The summed E-state index contributed by atoms with van der Waals surface area (Å²) in [4.78, 5) is 4.29. The van der Waals surface area contributed by atoms with Crippen molar-refractivity contribution >= 4 is 20.1 Å². The van der Waals surface area contributed by atoms with Crippen LogP contribution in [0.15, 0.2) is 71.7 Å². The number of hydrogen-bond acceptors (Lipinski definition) is 2. The van der Waals surface area contributed by atoms with E-state index in [9.17, 15) is 0 Å². The first-order valence-electron chi connectivity index (χ1n) is 10.5. The smallest absolute Gasteiger partial charge is 0.126 e. The molecule has 0 aliphatic carbocycles. The number of benzene rings is 3. The number of ether oxygens (including phenoxy) is 1. The van der Waals surface area contributed by atoms with Crippen molar-refractivity contribution in [2.45, 2.75) is 45.9 Å². The van der Waals surface area contributed by atoms with Crippen molar-refractivity contribution in [2.75, 3.05) is 7.05 Å². The molecule has 0 aliphatic heterocycles. The van der Waals surface area contributed by atoms with Crippen molar-refractivity contribution in [3.05, 3.63) is 94.5 Å². The fourth-order valence-electron chi connectivity index (χ4n) is 3.69. The first kappa shape index (κ1) is 22.2. The topological polar surface area (TPSA) is 21.6 Å². The summed E-state index contributed by atoms with van der Waals surface area (Å²) < 4.78 is 6.41. The van der Waals surface area contributed by atoms with E-state index in [4.69, 9.17) is 4.74 Å². The highest BCUT2D eigenvalue weighted by molar-refractivity contribution is 7.48. The molecule has 0 radical (unpaired) electrons. The van der Waals surface area contributed by atoms with E-state index in [2.05, 4.69) is 93.4 Å². The van der Waals surface area contributed by atoms with Gasteiger partial charge in [0.15, 0.2) is 0 Å². The molecular formula is C27H32NOP. The summed E-state index contributed by atoms with van der Waals surface area (Å²) in [6, 6.07) is 23.6. The van der Waals surface area contributed by atoms with Crippen molar-refractivity contribution in [1.82, 2.24) is 0 Å². The standard InChI is InChI=1S/C27H32NOP/c1-6-27(4,30-25-16-15-20(2)17-23(25)18-28-5)24-14-10-11-21(3)26(24)29-19-22-12-8-7-9-13-22/h7-18,30H,6,19H2,1-5H3. The lowest BCUT2D eigenvalue weighted by molar-refractivity contribution is 0.297. The molecule has 156 valence electrons. The molecule has 0 aliphatic rings. The summed E-state index contributed by atoms with van der Waals surface area (Å²) in [6.45, 7) is 9.50. The van der Waals surface area contributed by atoms with Crippen LogP contribution in [0.5, 0.6) is 5.75 Å². The largest absolute Gasteiger partial charge is 0.488 e. The zero-order valence-corrected chi connectivity index (χ0v) is 19.7. The summed E-state index contributed by atoms with van der Waals surface area (Å²) in [5.41, 5.74) is 6.15. The highest BCUT2D eigenvalue weighted by Gasteiger charge is 2.30. The van der Waals surface area contributed by atoms with Crippen LogP contribution in [0.25, 0.3) is 0 Å². The molecular weight excluding hydrogens is 385 g/mol. The van der Waals surface area contributed by atoms with Crippen LogP contribution in [0.3, 0.4) is 0 Å². The van der Waals surface area contributed by atoms with E-state index >= 15 is 0 Å². The average molecular weight is 418 g/mol. The fourth-order valence-corrected chi connectivity index (χ4v) is 5.24. The highest BCUT2D eigenvalue weighted by Crippen LogP contribution is 2.48. The van der Waals surface area contributed by atoms with Crippen molar-refractivity contribution in [1.29, 1.82) is 0 Å². The van der Waals surface area contributed by atoms with E-state index < -0.39 is 0 Å². The highest BCUT2D eigenvalue weighted by atomic mass is 31.1. The predicted molar refractivity (Wildman–Crippen MR) is 132 cm³/mol. The van der Waals surface area contributed by atoms with Crippen molar-refractivity contribution in [2.24, 2.45) is 4.99 Å². The zero-order valence-electron chi connectivity index (χ0n) is 18.7. The van der Waals surface area contributed by atoms with Gasteiger partial charge in [-0.25, -0.2) is 0 Å². The lowest BCUT2D eigenvalue weighted by Gasteiger charge is -2.32. The summed E-state index contributed by atoms with van der Waals surface area (Å²) in [6.07, 6.45) is 3.02. The second-order valence-corrected chi connectivity index (χ2v) is 9.91. The van der Waals surface area contributed by atoms with Gasteiger partial charge in [0.2, 0.25) is 0 Å². The molecule has 3 aromatic rings. The van der Waals surface area contributed by atoms with Crippen LogP contribution in [0, 0.1) is 13.8 Å². The molecule has 2 nitrogen and oxygen atoms in total. The maximum Gasteiger partial charge on any atom is 0.126 e. The number of para-hydroxylation sites is 1. The lowest BCUT2D eigenvalue weighted by Crippen LogP contribution is -2.21. The van der Waals surface area contributed by atoms with Crippen LogP contribution < -0.4 is 10.0 Å². The van der Waals surface area contributed by atoms with Gasteiger partial charge in [0, 0.05) is 24.0 Å². The Morgan fingerprint density at radius 3 is 2.47 bits per heavy atom. The van der Waals surface area contributed by atoms with E-state index in [1.54, 1.807) is 0 Å². The molecule has 2 atom stereocenters. The molecule has 2 unspecified atom stereocenters. The molecule has 0 bridgehead atoms. The van der Waals surface area contributed by atoms with Gasteiger partial charge in [-0.05, 0) is 48.3 Å². The Bertz CT molecular complexity index is 1010. The zero-order chi connectivity index (χ0) is 21.6. The molecule has 0 spiro atoms. The third-order valence-corrected chi connectivity index (χ3v) is 7.52. The normalized spacial score (nSPS) is 13.8. The molecule has 0 saturated heterocycles. The van der Waals surface area contributed by atoms with Crippen molar-refractivity contribution < 1.29 is 4.74 Å². The van der Waals surface area contributed by atoms with E-state index in [-0.39, 0.29) is 5.16 Å². The van der Waals surface area contributed by atoms with E-state index in [0.29, 0.717) is 15.2 Å². The predicted octanol–water partition coefficient (Wildman–Crippen LogP) is 6.56. The Balaban J connectivity index is 1.97. The molecule has 3 rings (SSSR count). The van der Waals surface area contributed by atoms with Crippen LogP contribution in [0.1, 0.15) is 48.1 Å². The SMILES string of the molecule is CCC(C)(Pc1ccc(C)cc1C=NC)c1cccc(C)c1OCc1ccccc1. The second-order valence-electron chi connectivity index (χ2n) is 8.01. The molecule has 30 heavy (non-hydrogen) atoms. The summed E-state index contributed by atoms with van der Waals surface area (Å²) in [5, 5.41) is 1.34. The van der Waals surface area contributed by atoms with Gasteiger partial charge in [-0.2, -0.15) is 0 Å². The molecule has 0 saturated carbocycles. The fraction of sp³-hybridized carbons (Fsp3) is 0.296. The monoisotopic (exact) mass is 417 g/mol. The molecule has 3 heteroatoms. The minimum Gasteiger partial charge on any atom is -0.488 e. The van der Waals surface area contributed by atoms with Crippen LogP contribution >= 0.6 is 8.58 Å². The van der Waals surface area contributed by atoms with Crippen LogP contribution in [0.4, 0.5) is 0 Å². The quantitative estimate of drug-likeness (QED) is 0.300. The van der Waals surface area contributed by atoms with Crippen LogP contribution in [0.2, 0.25) is 0 Å². The Morgan fingerprint density at radius 1 is 1.00 bits per heavy atom. The van der Waals surface area contributed by atoms with Gasteiger partial charge < -0.3 is 4.74 Å². The van der Waals surface area contributed by atoms with Crippen LogP contribution in [-0.2, 0) is 11.8 Å². The van der Waals surface area contributed by atoms with E-state index in [1.165, 1.54) is 33.1 Å². The van der Waals surface area contributed by atoms with Crippen LogP contribution in [-0.4, -0.2) is 13.3 Å². The Labute approximate surface area is 183 Å². The van der Waals surface area contributed by atoms with E-state index in [1.807, 2.05) is 19.3 Å². The third-order valence-electron chi connectivity index (χ3n) is 5.63. The van der Waals surface area contributed by atoms with Gasteiger partial charge in [-0.15, -0.1) is 0 Å². The van der Waals surface area contributed by atoms with Gasteiger partial charge in [-0.1, -0.05) is 88.7 Å². The summed E-state index contributed by atoms with van der Waals surface area (Å²) in [7, 11) is 2.46. The van der Waals surface area contributed by atoms with Crippen molar-refractivity contribution in [3.63, 3.8) is 0 Å². The summed E-state index contributed by atoms with van der Waals surface area (Å²) >= 11 is 0. The van der Waals surface area contributed by atoms with Gasteiger partial charge in [0.25, 0.3) is 0 Å². The number of nitrogens with zero attached hydrogens (tertiary/aromatic N) is 1. The van der Waals surface area contributed by atoms with Gasteiger partial charge in [0.1, 0.15) is 12.4 Å². The first-order valence-corrected chi connectivity index (χ1v) is 11.5. The molecule has 0 N–H and O–H groups in total. The Morgan fingerprint density at radius 2 is 1.77 bits per heavy atom. The lowest BCUT2D eigenvalue weighted by atomic mass is 9.94. The molecule has 0 heterocycles. The average Bonchev–Trinajstić information content (AvgIpc) is 2.75. The molecule has 0 aromatic heterocycles. The molecule has 0 fully saturated rings. The number of aliphatic imine (C=N–C) groups is 1. The Kier molecular flexibility index (Phi) is 7.45. The number of rotatable bonds is 8. The van der Waals surface area contributed by atoms with Gasteiger partial charge in [0.05, 0.1) is 0 Å². The van der Waals surface area contributed by atoms with E-state index in [0.717, 1.165) is 12.2 Å².